The first-order valence-electron chi connectivity index (χ1n) is 10.7. The molecule has 3 rings (SSSR count). The smallest absolute Gasteiger partial charge is 0.225 e. The van der Waals surface area contributed by atoms with Gasteiger partial charge in [0.15, 0.2) is 0 Å². The Morgan fingerprint density at radius 1 is 1.21 bits per heavy atom. The molecule has 1 saturated heterocycles. The molecule has 0 spiro atoms. The highest BCUT2D eigenvalue weighted by Gasteiger charge is 2.35. The molecule has 3 atom stereocenters. The van der Waals surface area contributed by atoms with Crippen molar-refractivity contribution in [1.82, 2.24) is 9.80 Å². The molecule has 156 valence electrons. The number of benzene rings is 1. The van der Waals surface area contributed by atoms with Gasteiger partial charge < -0.3 is 15.4 Å². The zero-order valence-electron chi connectivity index (χ0n) is 17.0. The van der Waals surface area contributed by atoms with Gasteiger partial charge in [0.2, 0.25) is 5.91 Å². The van der Waals surface area contributed by atoms with Gasteiger partial charge in [-0.15, -0.1) is 0 Å². The highest BCUT2D eigenvalue weighted by atomic mass is 19.1. The number of nitrogens with two attached hydrogens (primary N) is 1. The lowest BCUT2D eigenvalue weighted by atomic mass is 9.83. The molecule has 5 nitrogen and oxygen atoms in total. The fraction of sp³-hybridized carbons (Fsp3) is 0.682. The summed E-state index contributed by atoms with van der Waals surface area (Å²) in [5.74, 6) is 0.0980. The van der Waals surface area contributed by atoms with Crippen LogP contribution in [0.5, 0.6) is 0 Å². The minimum Gasteiger partial charge on any atom is -0.377 e. The molecule has 0 bridgehead atoms. The third-order valence-corrected chi connectivity index (χ3v) is 5.98. The van der Waals surface area contributed by atoms with Crippen LogP contribution >= 0.6 is 0 Å². The van der Waals surface area contributed by atoms with Crippen LogP contribution in [0.2, 0.25) is 0 Å². The fourth-order valence-electron chi connectivity index (χ4n) is 4.31. The summed E-state index contributed by atoms with van der Waals surface area (Å²) in [6.45, 7) is 6.53. The molecule has 1 saturated carbocycles. The number of carbonyl (C=O) groups is 1. The topological polar surface area (TPSA) is 58.8 Å². The van der Waals surface area contributed by atoms with Gasteiger partial charge in [-0.25, -0.2) is 4.39 Å². The molecule has 2 N–H and O–H groups in total. The second-order valence-corrected chi connectivity index (χ2v) is 8.13. The second kappa shape index (κ2) is 10.3. The normalized spacial score (nSPS) is 26.8. The number of amides is 1. The number of hydrogen-bond acceptors (Lipinski definition) is 4. The predicted molar refractivity (Wildman–Crippen MR) is 108 cm³/mol. The number of hydrogen-bond donors (Lipinski definition) is 1. The fourth-order valence-corrected chi connectivity index (χ4v) is 4.31. The van der Waals surface area contributed by atoms with Gasteiger partial charge in [-0.3, -0.25) is 9.69 Å². The molecule has 2 fully saturated rings. The van der Waals surface area contributed by atoms with Crippen LogP contribution in [0.15, 0.2) is 24.3 Å². The average molecular weight is 392 g/mol. The molecule has 1 aliphatic heterocycles. The molecule has 1 aromatic rings. The summed E-state index contributed by atoms with van der Waals surface area (Å²) in [7, 11) is 0. The number of rotatable bonds is 6. The Bertz CT molecular complexity index is 642. The Balaban J connectivity index is 1.53. The summed E-state index contributed by atoms with van der Waals surface area (Å²) in [5, 5.41) is 0. The Hall–Kier alpha value is -1.50. The first-order chi connectivity index (χ1) is 13.6. The van der Waals surface area contributed by atoms with Crippen LogP contribution in [0.1, 0.15) is 44.6 Å². The summed E-state index contributed by atoms with van der Waals surface area (Å²) < 4.78 is 19.8. The second-order valence-electron chi connectivity index (χ2n) is 8.13. The van der Waals surface area contributed by atoms with Crippen LogP contribution in [-0.2, 0) is 16.1 Å². The van der Waals surface area contributed by atoms with Crippen LogP contribution in [0.4, 0.5) is 4.39 Å². The standard InChI is InChI=1S/C22H34FN3O2/c1-2-14-28-21-15-17(8-9-20(21)24)22(27)26-11-5-10-25(12-13-26)16-18-6-3-4-7-19(18)23/h3-4,6-7,17,20-21H,2,5,8-16,24H2,1H3/t17-,20+,21+/m0/s1. The molecule has 28 heavy (non-hydrogen) atoms. The zero-order chi connectivity index (χ0) is 19.9. The first-order valence-corrected chi connectivity index (χ1v) is 10.7. The van der Waals surface area contributed by atoms with Gasteiger partial charge in [0.25, 0.3) is 0 Å². The van der Waals surface area contributed by atoms with E-state index in [4.69, 9.17) is 10.5 Å². The maximum atomic E-state index is 13.9. The quantitative estimate of drug-likeness (QED) is 0.810. The van der Waals surface area contributed by atoms with E-state index in [9.17, 15) is 9.18 Å². The van der Waals surface area contributed by atoms with Crippen molar-refractivity contribution in [3.8, 4) is 0 Å². The van der Waals surface area contributed by atoms with Gasteiger partial charge in [-0.2, -0.15) is 0 Å². The lowest BCUT2D eigenvalue weighted by Gasteiger charge is -2.35. The lowest BCUT2D eigenvalue weighted by molar-refractivity contribution is -0.138. The minimum absolute atomic E-state index is 0.00724. The highest BCUT2D eigenvalue weighted by Crippen LogP contribution is 2.28. The van der Waals surface area contributed by atoms with E-state index in [0.29, 0.717) is 19.7 Å². The van der Waals surface area contributed by atoms with Gasteiger partial charge in [-0.05, 0) is 38.2 Å². The van der Waals surface area contributed by atoms with Crippen LogP contribution < -0.4 is 5.73 Å². The Morgan fingerprint density at radius 3 is 2.82 bits per heavy atom. The van der Waals surface area contributed by atoms with E-state index >= 15 is 0 Å². The molecular weight excluding hydrogens is 357 g/mol. The van der Waals surface area contributed by atoms with Gasteiger partial charge in [-0.1, -0.05) is 25.1 Å². The van der Waals surface area contributed by atoms with Crippen molar-refractivity contribution in [3.63, 3.8) is 0 Å². The number of carbonyl (C=O) groups excluding carboxylic acids is 1. The Kier molecular flexibility index (Phi) is 7.82. The van der Waals surface area contributed by atoms with E-state index in [1.807, 2.05) is 17.0 Å². The Labute approximate surface area is 168 Å². The van der Waals surface area contributed by atoms with Crippen molar-refractivity contribution in [1.29, 1.82) is 0 Å². The SMILES string of the molecule is CCCO[C@@H]1C[C@@H](C(=O)N2CCCN(Cc3ccccc3F)CC2)CC[C@H]1N. The molecule has 1 amide bonds. The highest BCUT2D eigenvalue weighted by molar-refractivity contribution is 5.79. The molecule has 6 heteroatoms. The van der Waals surface area contributed by atoms with Crippen LogP contribution in [0, 0.1) is 11.7 Å². The summed E-state index contributed by atoms with van der Waals surface area (Å²) in [6, 6.07) is 6.97. The number of nitrogens with zero attached hydrogens (tertiary/aromatic N) is 2. The lowest BCUT2D eigenvalue weighted by Crippen LogP contribution is -2.47. The Morgan fingerprint density at radius 2 is 2.04 bits per heavy atom. The van der Waals surface area contributed by atoms with Crippen molar-refractivity contribution < 1.29 is 13.9 Å². The third kappa shape index (κ3) is 5.52. The zero-order valence-corrected chi connectivity index (χ0v) is 17.0. The molecule has 1 aliphatic carbocycles. The number of halogens is 1. The molecule has 0 aromatic heterocycles. The monoisotopic (exact) mass is 391 g/mol. The van der Waals surface area contributed by atoms with Crippen molar-refractivity contribution in [2.45, 2.75) is 57.7 Å². The molecular formula is C22H34FN3O2. The van der Waals surface area contributed by atoms with E-state index in [1.165, 1.54) is 6.07 Å². The molecule has 0 radical (unpaired) electrons. The van der Waals surface area contributed by atoms with Crippen LogP contribution in [-0.4, -0.2) is 60.6 Å². The largest absolute Gasteiger partial charge is 0.377 e. The van der Waals surface area contributed by atoms with Gasteiger partial charge in [0, 0.05) is 56.9 Å². The van der Waals surface area contributed by atoms with Crippen LogP contribution in [0.25, 0.3) is 0 Å². The van der Waals surface area contributed by atoms with Crippen molar-refractivity contribution in [3.05, 3.63) is 35.6 Å². The van der Waals surface area contributed by atoms with E-state index < -0.39 is 0 Å². The van der Waals surface area contributed by atoms with E-state index in [-0.39, 0.29) is 29.8 Å². The summed E-state index contributed by atoms with van der Waals surface area (Å²) in [4.78, 5) is 17.3. The third-order valence-electron chi connectivity index (χ3n) is 5.98. The molecule has 2 aliphatic rings. The minimum atomic E-state index is -0.156. The summed E-state index contributed by atoms with van der Waals surface area (Å²) in [6.07, 6.45) is 4.30. The van der Waals surface area contributed by atoms with Gasteiger partial charge in [0.05, 0.1) is 6.10 Å². The van der Waals surface area contributed by atoms with E-state index in [0.717, 1.165) is 57.3 Å². The summed E-state index contributed by atoms with van der Waals surface area (Å²) >= 11 is 0. The average Bonchev–Trinajstić information content (AvgIpc) is 2.94. The van der Waals surface area contributed by atoms with Crippen molar-refractivity contribution >= 4 is 5.91 Å². The number of ether oxygens (including phenoxy) is 1. The first kappa shape index (κ1) is 21.2. The van der Waals surface area contributed by atoms with E-state index in [1.54, 1.807) is 6.07 Å². The van der Waals surface area contributed by atoms with Gasteiger partial charge in [0.1, 0.15) is 5.82 Å². The molecule has 1 aromatic carbocycles. The van der Waals surface area contributed by atoms with Crippen molar-refractivity contribution in [2.24, 2.45) is 11.7 Å². The molecule has 0 unspecified atom stereocenters. The van der Waals surface area contributed by atoms with E-state index in [2.05, 4.69) is 11.8 Å². The van der Waals surface area contributed by atoms with Gasteiger partial charge >= 0.3 is 0 Å². The predicted octanol–water partition coefficient (Wildman–Crippen LogP) is 2.78. The van der Waals surface area contributed by atoms with Crippen LogP contribution in [0.3, 0.4) is 0 Å². The summed E-state index contributed by atoms with van der Waals surface area (Å²) in [5.41, 5.74) is 6.92. The van der Waals surface area contributed by atoms with Crippen molar-refractivity contribution in [2.75, 3.05) is 32.8 Å². The molecule has 1 heterocycles. The maximum Gasteiger partial charge on any atom is 0.225 e. The maximum absolute atomic E-state index is 13.9.